The standard InChI is InChI=1S/C16H17NO3S/c1-2-20-13(10-8-9-10)15-17-12(16(18)19)14(21-15)11-6-4-3-5-7-11/h3-7,10,13H,2,8-9H2,1H3,(H,18,19). The number of aromatic nitrogens is 1. The van der Waals surface area contributed by atoms with Gasteiger partial charge in [0.15, 0.2) is 5.69 Å². The molecule has 0 aliphatic heterocycles. The molecule has 1 aliphatic carbocycles. The van der Waals surface area contributed by atoms with Gasteiger partial charge in [-0.2, -0.15) is 0 Å². The molecule has 110 valence electrons. The lowest BCUT2D eigenvalue weighted by Crippen LogP contribution is -2.07. The van der Waals surface area contributed by atoms with Crippen molar-refractivity contribution in [1.82, 2.24) is 4.98 Å². The molecular weight excluding hydrogens is 286 g/mol. The normalized spacial score (nSPS) is 15.9. The van der Waals surface area contributed by atoms with Crippen LogP contribution in [0.5, 0.6) is 0 Å². The molecule has 0 radical (unpaired) electrons. The molecule has 1 unspecified atom stereocenters. The van der Waals surface area contributed by atoms with Gasteiger partial charge in [-0.05, 0) is 31.2 Å². The van der Waals surface area contributed by atoms with Crippen LogP contribution < -0.4 is 0 Å². The minimum Gasteiger partial charge on any atom is -0.476 e. The molecule has 4 nitrogen and oxygen atoms in total. The first-order chi connectivity index (χ1) is 10.2. The molecule has 1 atom stereocenters. The molecule has 1 saturated carbocycles. The van der Waals surface area contributed by atoms with Gasteiger partial charge in [0.1, 0.15) is 11.1 Å². The van der Waals surface area contributed by atoms with E-state index in [0.29, 0.717) is 17.4 Å². The molecule has 0 spiro atoms. The number of carboxylic acids is 1. The fourth-order valence-corrected chi connectivity index (χ4v) is 3.58. The van der Waals surface area contributed by atoms with Gasteiger partial charge in [0, 0.05) is 6.61 Å². The quantitative estimate of drug-likeness (QED) is 0.876. The van der Waals surface area contributed by atoms with Crippen molar-refractivity contribution in [3.05, 3.63) is 41.0 Å². The molecule has 5 heteroatoms. The molecule has 0 amide bonds. The van der Waals surface area contributed by atoms with Crippen molar-refractivity contribution in [2.45, 2.75) is 25.9 Å². The van der Waals surface area contributed by atoms with Crippen molar-refractivity contribution in [3.63, 3.8) is 0 Å². The van der Waals surface area contributed by atoms with Crippen LogP contribution in [0, 0.1) is 5.92 Å². The second kappa shape index (κ2) is 5.95. The monoisotopic (exact) mass is 303 g/mol. The number of hydrogen-bond donors (Lipinski definition) is 1. The van der Waals surface area contributed by atoms with Crippen molar-refractivity contribution < 1.29 is 14.6 Å². The SMILES string of the molecule is CCOC(c1nc(C(=O)O)c(-c2ccccc2)s1)C1CC1. The average molecular weight is 303 g/mol. The van der Waals surface area contributed by atoms with Gasteiger partial charge in [0.2, 0.25) is 0 Å². The maximum absolute atomic E-state index is 11.5. The van der Waals surface area contributed by atoms with E-state index in [2.05, 4.69) is 4.98 Å². The largest absolute Gasteiger partial charge is 0.476 e. The predicted molar refractivity (Wildman–Crippen MR) is 81.6 cm³/mol. The van der Waals surface area contributed by atoms with Gasteiger partial charge in [-0.15, -0.1) is 11.3 Å². The van der Waals surface area contributed by atoms with Crippen LogP contribution in [-0.4, -0.2) is 22.7 Å². The molecular formula is C16H17NO3S. The molecule has 1 heterocycles. The van der Waals surface area contributed by atoms with E-state index in [4.69, 9.17) is 4.74 Å². The van der Waals surface area contributed by atoms with Crippen LogP contribution in [-0.2, 0) is 4.74 Å². The zero-order valence-electron chi connectivity index (χ0n) is 11.8. The molecule has 1 fully saturated rings. The summed E-state index contributed by atoms with van der Waals surface area (Å²) >= 11 is 1.44. The fourth-order valence-electron chi connectivity index (χ4n) is 2.38. The van der Waals surface area contributed by atoms with E-state index < -0.39 is 5.97 Å². The Balaban J connectivity index is 2.02. The lowest BCUT2D eigenvalue weighted by Gasteiger charge is -2.12. The molecule has 21 heavy (non-hydrogen) atoms. The lowest BCUT2D eigenvalue weighted by atomic mass is 10.1. The fraction of sp³-hybridized carbons (Fsp3) is 0.375. The lowest BCUT2D eigenvalue weighted by molar-refractivity contribution is 0.0459. The van der Waals surface area contributed by atoms with Crippen LogP contribution in [0.15, 0.2) is 30.3 Å². The highest BCUT2D eigenvalue weighted by Crippen LogP contribution is 2.46. The van der Waals surface area contributed by atoms with Gasteiger partial charge < -0.3 is 9.84 Å². The second-order valence-corrected chi connectivity index (χ2v) is 6.15. The van der Waals surface area contributed by atoms with Gasteiger partial charge in [-0.1, -0.05) is 30.3 Å². The van der Waals surface area contributed by atoms with Crippen molar-refractivity contribution >= 4 is 17.3 Å². The Labute approximate surface area is 127 Å². The third kappa shape index (κ3) is 2.99. The average Bonchev–Trinajstić information content (AvgIpc) is 3.23. The Morgan fingerprint density at radius 2 is 2.14 bits per heavy atom. The van der Waals surface area contributed by atoms with Crippen LogP contribution in [0.2, 0.25) is 0 Å². The Kier molecular flexibility index (Phi) is 4.03. The molecule has 0 bridgehead atoms. The summed E-state index contributed by atoms with van der Waals surface area (Å²) in [7, 11) is 0. The maximum atomic E-state index is 11.5. The molecule has 3 rings (SSSR count). The van der Waals surface area contributed by atoms with Crippen LogP contribution in [0.1, 0.15) is 41.4 Å². The Morgan fingerprint density at radius 1 is 1.43 bits per heavy atom. The second-order valence-electron chi connectivity index (χ2n) is 5.11. The number of benzene rings is 1. The summed E-state index contributed by atoms with van der Waals surface area (Å²) in [5, 5.41) is 10.2. The summed E-state index contributed by atoms with van der Waals surface area (Å²) in [6.45, 7) is 2.57. The number of carbonyl (C=O) groups is 1. The minimum absolute atomic E-state index is 0.0597. The van der Waals surface area contributed by atoms with Crippen molar-refractivity contribution in [2.24, 2.45) is 5.92 Å². The molecule has 2 aromatic rings. The molecule has 1 aliphatic rings. The highest BCUT2D eigenvalue weighted by Gasteiger charge is 2.36. The van der Waals surface area contributed by atoms with E-state index in [1.165, 1.54) is 11.3 Å². The van der Waals surface area contributed by atoms with Crippen LogP contribution in [0.25, 0.3) is 10.4 Å². The van der Waals surface area contributed by atoms with E-state index in [1.54, 1.807) is 0 Å². The first-order valence-electron chi connectivity index (χ1n) is 7.11. The molecule has 0 saturated heterocycles. The van der Waals surface area contributed by atoms with E-state index in [0.717, 1.165) is 23.4 Å². The van der Waals surface area contributed by atoms with Crippen LogP contribution in [0.3, 0.4) is 0 Å². The number of rotatable bonds is 6. The zero-order valence-corrected chi connectivity index (χ0v) is 12.6. The van der Waals surface area contributed by atoms with E-state index in [9.17, 15) is 9.90 Å². The van der Waals surface area contributed by atoms with E-state index in [-0.39, 0.29) is 11.8 Å². The number of carboxylic acid groups (broad SMARTS) is 1. The first kappa shape index (κ1) is 14.2. The molecule has 1 aromatic carbocycles. The summed E-state index contributed by atoms with van der Waals surface area (Å²) in [4.78, 5) is 16.5. The Hall–Kier alpha value is -1.72. The number of thiazole rings is 1. The van der Waals surface area contributed by atoms with E-state index in [1.807, 2.05) is 37.3 Å². The summed E-state index contributed by atoms with van der Waals surface area (Å²) in [5.41, 5.74) is 1.02. The Morgan fingerprint density at radius 3 is 2.71 bits per heavy atom. The zero-order chi connectivity index (χ0) is 14.8. The van der Waals surface area contributed by atoms with Gasteiger partial charge >= 0.3 is 5.97 Å². The van der Waals surface area contributed by atoms with Crippen molar-refractivity contribution in [2.75, 3.05) is 6.61 Å². The van der Waals surface area contributed by atoms with Gasteiger partial charge in [0.05, 0.1) is 4.88 Å². The minimum atomic E-state index is -0.984. The van der Waals surface area contributed by atoms with Crippen LogP contribution in [0.4, 0.5) is 0 Å². The highest BCUT2D eigenvalue weighted by molar-refractivity contribution is 7.15. The first-order valence-corrected chi connectivity index (χ1v) is 7.93. The molecule has 1 aromatic heterocycles. The van der Waals surface area contributed by atoms with Gasteiger partial charge in [-0.3, -0.25) is 0 Å². The van der Waals surface area contributed by atoms with Gasteiger partial charge in [-0.25, -0.2) is 9.78 Å². The number of nitrogens with zero attached hydrogens (tertiary/aromatic N) is 1. The number of aromatic carboxylic acids is 1. The third-order valence-corrected chi connectivity index (χ3v) is 4.69. The highest BCUT2D eigenvalue weighted by atomic mass is 32.1. The summed E-state index contributed by atoms with van der Waals surface area (Å²) < 4.78 is 5.79. The van der Waals surface area contributed by atoms with Crippen molar-refractivity contribution in [1.29, 1.82) is 0 Å². The molecule has 1 N–H and O–H groups in total. The smallest absolute Gasteiger partial charge is 0.356 e. The van der Waals surface area contributed by atoms with Gasteiger partial charge in [0.25, 0.3) is 0 Å². The van der Waals surface area contributed by atoms with Crippen molar-refractivity contribution in [3.8, 4) is 10.4 Å². The summed E-state index contributed by atoms with van der Waals surface area (Å²) in [6.07, 6.45) is 2.20. The summed E-state index contributed by atoms with van der Waals surface area (Å²) in [5.74, 6) is -0.497. The summed E-state index contributed by atoms with van der Waals surface area (Å²) in [6, 6.07) is 9.55. The number of ether oxygens (including phenoxy) is 1. The predicted octanol–water partition coefficient (Wildman–Crippen LogP) is 4.00. The van der Waals surface area contributed by atoms with Crippen LogP contribution >= 0.6 is 11.3 Å². The topological polar surface area (TPSA) is 59.4 Å². The number of hydrogen-bond acceptors (Lipinski definition) is 4. The van der Waals surface area contributed by atoms with E-state index >= 15 is 0 Å². The maximum Gasteiger partial charge on any atom is 0.356 e. The Bertz CT molecular complexity index is 634. The third-order valence-electron chi connectivity index (χ3n) is 3.52.